The second-order valence-corrected chi connectivity index (χ2v) is 4.96. The number of rotatable bonds is 4. The highest BCUT2D eigenvalue weighted by Crippen LogP contribution is 2.28. The number of carbonyl (C=O) groups excluding carboxylic acids is 1. The molecule has 0 atom stereocenters. The lowest BCUT2D eigenvalue weighted by atomic mass is 10.2. The lowest BCUT2D eigenvalue weighted by Gasteiger charge is -2.21. The Bertz CT molecular complexity index is 573. The number of amides is 1. The molecule has 2 aromatic rings. The monoisotopic (exact) mass is 270 g/mol. The Morgan fingerprint density at radius 2 is 2.00 bits per heavy atom. The van der Waals surface area contributed by atoms with Gasteiger partial charge < -0.3 is 10.2 Å². The summed E-state index contributed by atoms with van der Waals surface area (Å²) < 4.78 is 1.62. The summed E-state index contributed by atoms with van der Waals surface area (Å²) in [4.78, 5) is 14.4. The smallest absolute Gasteiger partial charge is 0.246 e. The van der Waals surface area contributed by atoms with E-state index < -0.39 is 0 Å². The van der Waals surface area contributed by atoms with E-state index in [1.165, 1.54) is 12.8 Å². The van der Waals surface area contributed by atoms with Crippen molar-refractivity contribution in [3.8, 4) is 0 Å². The van der Waals surface area contributed by atoms with Gasteiger partial charge in [0.05, 0.1) is 11.4 Å². The van der Waals surface area contributed by atoms with Crippen molar-refractivity contribution in [3.05, 3.63) is 42.7 Å². The molecule has 1 aromatic heterocycles. The largest absolute Gasteiger partial charge is 0.370 e. The molecule has 5 nitrogen and oxygen atoms in total. The molecule has 0 spiro atoms. The maximum atomic E-state index is 12.1. The Morgan fingerprint density at radius 1 is 1.20 bits per heavy atom. The number of para-hydroxylation sites is 2. The van der Waals surface area contributed by atoms with Crippen molar-refractivity contribution in [3.63, 3.8) is 0 Å². The van der Waals surface area contributed by atoms with Crippen LogP contribution in [-0.4, -0.2) is 28.8 Å². The van der Waals surface area contributed by atoms with E-state index in [-0.39, 0.29) is 12.5 Å². The summed E-state index contributed by atoms with van der Waals surface area (Å²) in [7, 11) is 0. The molecule has 1 N–H and O–H groups in total. The van der Waals surface area contributed by atoms with Gasteiger partial charge in [0, 0.05) is 25.5 Å². The first-order valence-corrected chi connectivity index (χ1v) is 6.94. The average molecular weight is 270 g/mol. The fourth-order valence-electron chi connectivity index (χ4n) is 2.54. The Kier molecular flexibility index (Phi) is 3.67. The Morgan fingerprint density at radius 3 is 2.75 bits per heavy atom. The van der Waals surface area contributed by atoms with Crippen molar-refractivity contribution in [2.45, 2.75) is 19.4 Å². The van der Waals surface area contributed by atoms with E-state index in [1.54, 1.807) is 17.1 Å². The molecule has 3 rings (SSSR count). The van der Waals surface area contributed by atoms with Gasteiger partial charge in [-0.2, -0.15) is 5.10 Å². The van der Waals surface area contributed by atoms with Crippen LogP contribution in [0.5, 0.6) is 0 Å². The normalized spacial score (nSPS) is 14.5. The van der Waals surface area contributed by atoms with Crippen LogP contribution in [-0.2, 0) is 11.3 Å². The zero-order valence-corrected chi connectivity index (χ0v) is 11.3. The van der Waals surface area contributed by atoms with Crippen LogP contribution in [0.25, 0.3) is 0 Å². The van der Waals surface area contributed by atoms with Crippen molar-refractivity contribution < 1.29 is 4.79 Å². The van der Waals surface area contributed by atoms with Gasteiger partial charge in [-0.1, -0.05) is 12.1 Å². The third kappa shape index (κ3) is 2.82. The zero-order valence-electron chi connectivity index (χ0n) is 11.3. The van der Waals surface area contributed by atoms with E-state index in [2.05, 4.69) is 21.4 Å². The number of aromatic nitrogens is 2. The van der Waals surface area contributed by atoms with E-state index in [9.17, 15) is 4.79 Å². The lowest BCUT2D eigenvalue weighted by molar-refractivity contribution is -0.116. The average Bonchev–Trinajstić information content (AvgIpc) is 3.11. The number of nitrogens with one attached hydrogen (secondary N) is 1. The second kappa shape index (κ2) is 5.77. The van der Waals surface area contributed by atoms with Gasteiger partial charge in [0.2, 0.25) is 5.91 Å². The highest BCUT2D eigenvalue weighted by Gasteiger charge is 2.16. The van der Waals surface area contributed by atoms with Gasteiger partial charge in [0.15, 0.2) is 0 Å². The predicted molar refractivity (Wildman–Crippen MR) is 78.7 cm³/mol. The zero-order chi connectivity index (χ0) is 13.8. The number of hydrogen-bond donors (Lipinski definition) is 1. The fourth-order valence-corrected chi connectivity index (χ4v) is 2.54. The van der Waals surface area contributed by atoms with Gasteiger partial charge in [0.1, 0.15) is 6.54 Å². The summed E-state index contributed by atoms with van der Waals surface area (Å²) in [5, 5.41) is 7.03. The first kappa shape index (κ1) is 12.7. The van der Waals surface area contributed by atoms with Crippen LogP contribution in [0, 0.1) is 0 Å². The van der Waals surface area contributed by atoms with Crippen molar-refractivity contribution >= 4 is 17.3 Å². The molecule has 104 valence electrons. The number of anilines is 2. The first-order valence-electron chi connectivity index (χ1n) is 6.94. The van der Waals surface area contributed by atoms with E-state index in [1.807, 2.05) is 24.3 Å². The third-order valence-corrected chi connectivity index (χ3v) is 3.49. The quantitative estimate of drug-likeness (QED) is 0.926. The number of nitrogens with zero attached hydrogens (tertiary/aromatic N) is 3. The molecule has 2 heterocycles. The van der Waals surface area contributed by atoms with Crippen LogP contribution in [0.3, 0.4) is 0 Å². The van der Waals surface area contributed by atoms with Gasteiger partial charge in [-0.15, -0.1) is 0 Å². The third-order valence-electron chi connectivity index (χ3n) is 3.49. The fraction of sp³-hybridized carbons (Fsp3) is 0.333. The molecule has 0 aliphatic carbocycles. The summed E-state index contributed by atoms with van der Waals surface area (Å²) in [5.41, 5.74) is 1.99. The highest BCUT2D eigenvalue weighted by atomic mass is 16.2. The van der Waals surface area contributed by atoms with Crippen LogP contribution in [0.1, 0.15) is 12.8 Å². The van der Waals surface area contributed by atoms with E-state index >= 15 is 0 Å². The van der Waals surface area contributed by atoms with Crippen molar-refractivity contribution in [2.75, 3.05) is 23.3 Å². The molecule has 5 heteroatoms. The summed E-state index contributed by atoms with van der Waals surface area (Å²) in [6.45, 7) is 2.36. The van der Waals surface area contributed by atoms with E-state index in [0.717, 1.165) is 24.5 Å². The Labute approximate surface area is 118 Å². The molecule has 1 saturated heterocycles. The van der Waals surface area contributed by atoms with Crippen LogP contribution < -0.4 is 10.2 Å². The summed E-state index contributed by atoms with van der Waals surface area (Å²) in [6, 6.07) is 9.79. The second-order valence-electron chi connectivity index (χ2n) is 4.96. The minimum absolute atomic E-state index is 0.0552. The Balaban J connectivity index is 1.71. The van der Waals surface area contributed by atoms with Crippen molar-refractivity contribution in [1.82, 2.24) is 9.78 Å². The maximum absolute atomic E-state index is 12.1. The molecular formula is C15H18N4O. The predicted octanol–water partition coefficient (Wildman–Crippen LogP) is 2.12. The van der Waals surface area contributed by atoms with Crippen LogP contribution >= 0.6 is 0 Å². The number of hydrogen-bond acceptors (Lipinski definition) is 3. The molecule has 0 saturated carbocycles. The van der Waals surface area contributed by atoms with Gasteiger partial charge in [-0.05, 0) is 31.0 Å². The highest BCUT2D eigenvalue weighted by molar-refractivity contribution is 5.94. The van der Waals surface area contributed by atoms with Gasteiger partial charge in [-0.25, -0.2) is 0 Å². The minimum Gasteiger partial charge on any atom is -0.370 e. The van der Waals surface area contributed by atoms with Crippen molar-refractivity contribution in [1.29, 1.82) is 0 Å². The SMILES string of the molecule is O=C(Cn1cccn1)Nc1ccccc1N1CCCC1. The molecule has 0 unspecified atom stereocenters. The standard InChI is InChI=1S/C15H18N4O/c20-15(12-19-11-5-8-16-19)17-13-6-1-2-7-14(13)18-9-3-4-10-18/h1-2,5-8,11H,3-4,9-10,12H2,(H,17,20). The lowest BCUT2D eigenvalue weighted by Crippen LogP contribution is -2.23. The van der Waals surface area contributed by atoms with Crippen LogP contribution in [0.4, 0.5) is 11.4 Å². The molecule has 1 aromatic carbocycles. The number of carbonyl (C=O) groups is 1. The van der Waals surface area contributed by atoms with Gasteiger partial charge in [-0.3, -0.25) is 9.48 Å². The maximum Gasteiger partial charge on any atom is 0.246 e. The first-order chi connectivity index (χ1) is 9.83. The summed E-state index contributed by atoms with van der Waals surface area (Å²) >= 11 is 0. The summed E-state index contributed by atoms with van der Waals surface area (Å²) in [5.74, 6) is -0.0552. The van der Waals surface area contributed by atoms with E-state index in [0.29, 0.717) is 0 Å². The van der Waals surface area contributed by atoms with E-state index in [4.69, 9.17) is 0 Å². The molecule has 0 radical (unpaired) electrons. The minimum atomic E-state index is -0.0552. The molecule has 1 aliphatic rings. The van der Waals surface area contributed by atoms with Gasteiger partial charge in [0.25, 0.3) is 0 Å². The number of benzene rings is 1. The molecule has 1 fully saturated rings. The topological polar surface area (TPSA) is 50.2 Å². The molecule has 0 bridgehead atoms. The van der Waals surface area contributed by atoms with Crippen LogP contribution in [0.2, 0.25) is 0 Å². The molecule has 1 amide bonds. The van der Waals surface area contributed by atoms with Crippen LogP contribution in [0.15, 0.2) is 42.7 Å². The summed E-state index contributed by atoms with van der Waals surface area (Å²) in [6.07, 6.45) is 5.89. The molecule has 1 aliphatic heterocycles. The van der Waals surface area contributed by atoms with Crippen molar-refractivity contribution in [2.24, 2.45) is 0 Å². The molecular weight excluding hydrogens is 252 g/mol. The Hall–Kier alpha value is -2.30. The molecule has 20 heavy (non-hydrogen) atoms. The van der Waals surface area contributed by atoms with Gasteiger partial charge >= 0.3 is 0 Å².